The lowest BCUT2D eigenvalue weighted by Gasteiger charge is -2.52. The highest BCUT2D eigenvalue weighted by atomic mass is 16.3. The Hall–Kier alpha value is -2.45. The average Bonchev–Trinajstić information content (AvgIpc) is 3.15. The van der Waals surface area contributed by atoms with Crippen molar-refractivity contribution < 1.29 is 9.90 Å². The zero-order valence-electron chi connectivity index (χ0n) is 20.7. The summed E-state index contributed by atoms with van der Waals surface area (Å²) in [4.78, 5) is 12.2. The van der Waals surface area contributed by atoms with Gasteiger partial charge < -0.3 is 5.11 Å². The van der Waals surface area contributed by atoms with Gasteiger partial charge in [-0.25, -0.2) is 0 Å². The molecule has 2 fully saturated rings. The van der Waals surface area contributed by atoms with Gasteiger partial charge in [0, 0.05) is 12.3 Å². The first-order chi connectivity index (χ1) is 16.5. The highest BCUT2D eigenvalue weighted by molar-refractivity contribution is 5.93. The average molecular weight is 455 g/mol. The quantitative estimate of drug-likeness (QED) is 0.468. The number of ketones is 1. The highest BCUT2D eigenvalue weighted by Crippen LogP contribution is 2.63. The van der Waals surface area contributed by atoms with Crippen LogP contribution in [0.5, 0.6) is 0 Å². The normalized spacial score (nSPS) is 33.5. The fourth-order valence-electron chi connectivity index (χ4n) is 7.28. The molecule has 0 spiro atoms. The Morgan fingerprint density at radius 1 is 1.00 bits per heavy atom. The standard InChI is InChI=1S/C32H38O2/c1-3-4-5-6-7-8-9-22-10-12-23(13-11-22)28-21-32(2)29(18-19-30(32)34)27-16-14-24-20-25(33)15-17-26(24)31(27)28/h4-13,20,27-30,34H,3,14-19,21H2,1-2H3/b5-4+,7-6+,9-8+. The second-order valence-electron chi connectivity index (χ2n) is 10.9. The molecule has 1 aromatic rings. The molecule has 2 nitrogen and oxygen atoms in total. The number of aliphatic hydroxyl groups is 1. The lowest BCUT2D eigenvalue weighted by molar-refractivity contribution is -0.114. The predicted octanol–water partition coefficient (Wildman–Crippen LogP) is 7.48. The topological polar surface area (TPSA) is 37.3 Å². The Morgan fingerprint density at radius 2 is 1.79 bits per heavy atom. The molecule has 0 bridgehead atoms. The van der Waals surface area contributed by atoms with Gasteiger partial charge in [0.05, 0.1) is 6.10 Å². The third kappa shape index (κ3) is 4.22. The summed E-state index contributed by atoms with van der Waals surface area (Å²) in [6.45, 7) is 4.48. The van der Waals surface area contributed by atoms with E-state index < -0.39 is 0 Å². The van der Waals surface area contributed by atoms with Gasteiger partial charge in [-0.15, -0.1) is 0 Å². The molecule has 2 heteroatoms. The monoisotopic (exact) mass is 454 g/mol. The van der Waals surface area contributed by atoms with Crippen molar-refractivity contribution in [1.29, 1.82) is 0 Å². The van der Waals surface area contributed by atoms with E-state index in [1.54, 1.807) is 5.57 Å². The van der Waals surface area contributed by atoms with Crippen LogP contribution >= 0.6 is 0 Å². The van der Waals surface area contributed by atoms with Crippen LogP contribution in [0.4, 0.5) is 0 Å². The number of carbonyl (C=O) groups excluding carboxylic acids is 1. The van der Waals surface area contributed by atoms with Gasteiger partial charge in [0.15, 0.2) is 5.78 Å². The van der Waals surface area contributed by atoms with Crippen molar-refractivity contribution in [3.63, 3.8) is 0 Å². The number of hydrogen-bond donors (Lipinski definition) is 1. The molecule has 0 aliphatic heterocycles. The molecule has 0 heterocycles. The summed E-state index contributed by atoms with van der Waals surface area (Å²) >= 11 is 0. The first kappa shape index (κ1) is 23.3. The maximum atomic E-state index is 12.2. The van der Waals surface area contributed by atoms with E-state index in [0.717, 1.165) is 44.9 Å². The SMILES string of the molecule is CC/C=C/C=C/C=C/c1ccc(C2CC3(C)C(O)CCC3C3CCC4=CC(=O)CCC4=C23)cc1. The Balaban J connectivity index is 1.48. The van der Waals surface area contributed by atoms with E-state index in [0.29, 0.717) is 30.0 Å². The number of carbonyl (C=O) groups is 1. The molecule has 5 unspecified atom stereocenters. The van der Waals surface area contributed by atoms with Gasteiger partial charge in [-0.3, -0.25) is 4.79 Å². The van der Waals surface area contributed by atoms with Crippen molar-refractivity contribution in [3.8, 4) is 0 Å². The summed E-state index contributed by atoms with van der Waals surface area (Å²) in [7, 11) is 0. The van der Waals surface area contributed by atoms with Crippen molar-refractivity contribution >= 4 is 11.9 Å². The molecule has 1 aromatic carbocycles. The third-order valence-electron chi connectivity index (χ3n) is 9.01. The zero-order valence-corrected chi connectivity index (χ0v) is 20.7. The van der Waals surface area contributed by atoms with E-state index in [9.17, 15) is 9.90 Å². The van der Waals surface area contributed by atoms with Crippen LogP contribution in [0.3, 0.4) is 0 Å². The minimum Gasteiger partial charge on any atom is -0.393 e. The fraction of sp³-hybridized carbons (Fsp3) is 0.469. The van der Waals surface area contributed by atoms with Gasteiger partial charge in [0.2, 0.25) is 0 Å². The second-order valence-corrected chi connectivity index (χ2v) is 10.9. The molecule has 178 valence electrons. The van der Waals surface area contributed by atoms with Crippen LogP contribution in [-0.4, -0.2) is 17.0 Å². The molecule has 34 heavy (non-hydrogen) atoms. The summed E-state index contributed by atoms with van der Waals surface area (Å²) in [5.41, 5.74) is 6.95. The number of aliphatic hydroxyl groups excluding tert-OH is 1. The Morgan fingerprint density at radius 3 is 2.59 bits per heavy atom. The maximum Gasteiger partial charge on any atom is 0.156 e. The summed E-state index contributed by atoms with van der Waals surface area (Å²) in [6.07, 6.45) is 22.2. The van der Waals surface area contributed by atoms with Gasteiger partial charge in [-0.05, 0) is 90.5 Å². The lowest BCUT2D eigenvalue weighted by Crippen LogP contribution is -2.45. The smallest absolute Gasteiger partial charge is 0.156 e. The third-order valence-corrected chi connectivity index (χ3v) is 9.01. The Labute approximate surface area is 204 Å². The van der Waals surface area contributed by atoms with Gasteiger partial charge in [-0.1, -0.05) is 80.1 Å². The number of benzene rings is 1. The predicted molar refractivity (Wildman–Crippen MR) is 140 cm³/mol. The van der Waals surface area contributed by atoms with E-state index in [4.69, 9.17) is 0 Å². The van der Waals surface area contributed by atoms with E-state index in [1.165, 1.54) is 22.3 Å². The van der Waals surface area contributed by atoms with Crippen LogP contribution in [0.15, 0.2) is 77.4 Å². The molecule has 4 aliphatic carbocycles. The molecular formula is C32H38O2. The minimum atomic E-state index is -0.202. The van der Waals surface area contributed by atoms with Gasteiger partial charge in [0.1, 0.15) is 0 Å². The van der Waals surface area contributed by atoms with E-state index in [1.807, 2.05) is 6.08 Å². The minimum absolute atomic E-state index is 0.0134. The Bertz CT molecular complexity index is 1080. The van der Waals surface area contributed by atoms with E-state index in [2.05, 4.69) is 74.6 Å². The molecule has 1 N–H and O–H groups in total. The summed E-state index contributed by atoms with van der Waals surface area (Å²) in [6, 6.07) is 9.05. The molecule has 5 atom stereocenters. The van der Waals surface area contributed by atoms with Crippen LogP contribution in [0.1, 0.15) is 82.3 Å². The highest BCUT2D eigenvalue weighted by Gasteiger charge is 2.56. The Kier molecular flexibility index (Phi) is 6.62. The molecule has 0 aromatic heterocycles. The van der Waals surface area contributed by atoms with Gasteiger partial charge in [0.25, 0.3) is 0 Å². The van der Waals surface area contributed by atoms with Crippen LogP contribution in [0.2, 0.25) is 0 Å². The van der Waals surface area contributed by atoms with Gasteiger partial charge in [-0.2, -0.15) is 0 Å². The van der Waals surface area contributed by atoms with E-state index in [-0.39, 0.29) is 11.5 Å². The maximum absolute atomic E-state index is 12.2. The molecule has 0 amide bonds. The van der Waals surface area contributed by atoms with Gasteiger partial charge >= 0.3 is 0 Å². The van der Waals surface area contributed by atoms with Crippen LogP contribution in [-0.2, 0) is 4.79 Å². The van der Waals surface area contributed by atoms with Crippen molar-refractivity contribution in [2.75, 3.05) is 0 Å². The molecule has 4 aliphatic rings. The first-order valence-electron chi connectivity index (χ1n) is 13.3. The molecular weight excluding hydrogens is 416 g/mol. The molecule has 0 saturated heterocycles. The van der Waals surface area contributed by atoms with Crippen LogP contribution in [0.25, 0.3) is 6.08 Å². The number of hydrogen-bond acceptors (Lipinski definition) is 2. The molecule has 2 saturated carbocycles. The lowest BCUT2D eigenvalue weighted by atomic mass is 9.53. The molecule has 5 rings (SSSR count). The van der Waals surface area contributed by atoms with Crippen LogP contribution in [0, 0.1) is 17.3 Å². The second kappa shape index (κ2) is 9.66. The number of fused-ring (bicyclic) bond motifs is 4. The largest absolute Gasteiger partial charge is 0.393 e. The summed E-state index contributed by atoms with van der Waals surface area (Å²) < 4.78 is 0. The summed E-state index contributed by atoms with van der Waals surface area (Å²) in [5, 5.41) is 11.0. The van der Waals surface area contributed by atoms with Crippen LogP contribution < -0.4 is 0 Å². The van der Waals surface area contributed by atoms with Crippen molar-refractivity contribution in [3.05, 3.63) is 88.6 Å². The van der Waals surface area contributed by atoms with Crippen molar-refractivity contribution in [2.45, 2.75) is 77.2 Å². The van der Waals surface area contributed by atoms with Crippen molar-refractivity contribution in [2.24, 2.45) is 17.3 Å². The number of allylic oxidation sites excluding steroid dienone is 9. The van der Waals surface area contributed by atoms with Crippen molar-refractivity contribution in [1.82, 2.24) is 0 Å². The fourth-order valence-corrected chi connectivity index (χ4v) is 7.28. The van der Waals surface area contributed by atoms with E-state index >= 15 is 0 Å². The zero-order chi connectivity index (χ0) is 23.7. The first-order valence-corrected chi connectivity index (χ1v) is 13.3. The number of rotatable bonds is 5. The summed E-state index contributed by atoms with van der Waals surface area (Å²) in [5.74, 6) is 1.74. The molecule has 0 radical (unpaired) electrons.